The molecular formula is C12H12F7NO. The Bertz CT molecular complexity index is 494. The third-order valence-electron chi connectivity index (χ3n) is 2.62. The first-order chi connectivity index (χ1) is 9.34. The lowest BCUT2D eigenvalue weighted by Gasteiger charge is -2.26. The largest absolute Gasteiger partial charge is 0.471 e. The lowest BCUT2D eigenvalue weighted by molar-refractivity contribution is -0.300. The topological polar surface area (TPSA) is 35.2 Å². The SMILES string of the molecule is Cc1cc(OC(C(F)(F)F)C(F)(F)F)c([C@@H](C)N)cc1F. The number of nitrogens with two attached hydrogens (primary N) is 1. The number of hydrogen-bond acceptors (Lipinski definition) is 2. The van der Waals surface area contributed by atoms with Gasteiger partial charge in [-0.15, -0.1) is 0 Å². The molecule has 0 amide bonds. The second kappa shape index (κ2) is 5.70. The van der Waals surface area contributed by atoms with Crippen LogP contribution >= 0.6 is 0 Å². The van der Waals surface area contributed by atoms with E-state index in [4.69, 9.17) is 5.73 Å². The second-order valence-electron chi connectivity index (χ2n) is 4.51. The molecule has 2 N–H and O–H groups in total. The van der Waals surface area contributed by atoms with Gasteiger partial charge in [0.15, 0.2) is 0 Å². The highest BCUT2D eigenvalue weighted by Gasteiger charge is 2.59. The Kier molecular flexibility index (Phi) is 4.76. The highest BCUT2D eigenvalue weighted by atomic mass is 19.4. The molecule has 1 atom stereocenters. The fourth-order valence-electron chi connectivity index (χ4n) is 1.57. The van der Waals surface area contributed by atoms with Gasteiger partial charge < -0.3 is 10.5 Å². The number of rotatable bonds is 3. The van der Waals surface area contributed by atoms with Crippen molar-refractivity contribution in [2.75, 3.05) is 0 Å². The van der Waals surface area contributed by atoms with Gasteiger partial charge in [-0.05, 0) is 31.5 Å². The van der Waals surface area contributed by atoms with Crippen molar-refractivity contribution in [3.63, 3.8) is 0 Å². The maximum Gasteiger partial charge on any atom is 0.434 e. The van der Waals surface area contributed by atoms with Crippen LogP contribution in [0.15, 0.2) is 12.1 Å². The summed E-state index contributed by atoms with van der Waals surface area (Å²) in [6, 6.07) is 0.523. The molecule has 0 aliphatic carbocycles. The van der Waals surface area contributed by atoms with Crippen LogP contribution in [0.2, 0.25) is 0 Å². The Hall–Kier alpha value is -1.51. The molecular weight excluding hydrogens is 307 g/mol. The molecule has 0 unspecified atom stereocenters. The van der Waals surface area contributed by atoms with Gasteiger partial charge in [0.1, 0.15) is 11.6 Å². The van der Waals surface area contributed by atoms with E-state index in [9.17, 15) is 30.7 Å². The van der Waals surface area contributed by atoms with E-state index in [-0.39, 0.29) is 11.1 Å². The standard InChI is InChI=1S/C12H12F7NO/c1-5-3-9(7(6(2)20)4-8(5)13)21-10(11(14,15)16)12(17,18)19/h3-4,6,10H,20H2,1-2H3/t6-/m1/s1. The zero-order valence-electron chi connectivity index (χ0n) is 10.9. The smallest absolute Gasteiger partial charge is 0.434 e. The summed E-state index contributed by atoms with van der Waals surface area (Å²) in [5.74, 6) is -1.55. The van der Waals surface area contributed by atoms with Gasteiger partial charge in [0.25, 0.3) is 6.10 Å². The van der Waals surface area contributed by atoms with Crippen molar-refractivity contribution in [3.05, 3.63) is 29.1 Å². The highest BCUT2D eigenvalue weighted by molar-refractivity contribution is 5.40. The van der Waals surface area contributed by atoms with Crippen molar-refractivity contribution in [2.24, 2.45) is 5.73 Å². The normalized spacial score (nSPS) is 14.4. The molecule has 0 spiro atoms. The number of alkyl halides is 6. The first-order valence-corrected chi connectivity index (χ1v) is 5.69. The molecule has 0 heterocycles. The van der Waals surface area contributed by atoms with Crippen molar-refractivity contribution in [1.82, 2.24) is 0 Å². The van der Waals surface area contributed by atoms with E-state index in [1.165, 1.54) is 13.8 Å². The molecule has 0 aromatic heterocycles. The Morgan fingerprint density at radius 3 is 1.90 bits per heavy atom. The predicted octanol–water partition coefficient (Wildman–Crippen LogP) is 4.03. The highest BCUT2D eigenvalue weighted by Crippen LogP contribution is 2.38. The molecule has 0 bridgehead atoms. The van der Waals surface area contributed by atoms with Crippen LogP contribution in [-0.2, 0) is 0 Å². The van der Waals surface area contributed by atoms with Gasteiger partial charge in [0.2, 0.25) is 0 Å². The van der Waals surface area contributed by atoms with Crippen LogP contribution in [0.4, 0.5) is 30.7 Å². The maximum atomic E-state index is 13.4. The van der Waals surface area contributed by atoms with Crippen molar-refractivity contribution >= 4 is 0 Å². The number of benzene rings is 1. The fraction of sp³-hybridized carbons (Fsp3) is 0.500. The fourth-order valence-corrected chi connectivity index (χ4v) is 1.57. The van der Waals surface area contributed by atoms with Crippen LogP contribution < -0.4 is 10.5 Å². The van der Waals surface area contributed by atoms with E-state index in [1.54, 1.807) is 0 Å². The maximum absolute atomic E-state index is 13.4. The number of hydrogen-bond donors (Lipinski definition) is 1. The summed E-state index contributed by atoms with van der Waals surface area (Å²) in [6.45, 7) is 2.47. The summed E-state index contributed by atoms with van der Waals surface area (Å²) in [4.78, 5) is 0. The van der Waals surface area contributed by atoms with Crippen molar-refractivity contribution < 1.29 is 35.5 Å². The first kappa shape index (κ1) is 17.5. The van der Waals surface area contributed by atoms with Crippen LogP contribution in [0, 0.1) is 12.7 Å². The average Bonchev–Trinajstić information content (AvgIpc) is 2.26. The summed E-state index contributed by atoms with van der Waals surface area (Å²) in [7, 11) is 0. The third kappa shape index (κ3) is 4.23. The lowest BCUT2D eigenvalue weighted by Crippen LogP contribution is -2.46. The molecule has 120 valence electrons. The Morgan fingerprint density at radius 1 is 1.05 bits per heavy atom. The minimum absolute atomic E-state index is 0.155. The Labute approximate surface area is 115 Å². The molecule has 0 saturated heterocycles. The van der Waals surface area contributed by atoms with Crippen molar-refractivity contribution in [2.45, 2.75) is 38.3 Å². The molecule has 0 radical (unpaired) electrons. The van der Waals surface area contributed by atoms with Gasteiger partial charge in [-0.2, -0.15) is 26.3 Å². The summed E-state index contributed by atoms with van der Waals surface area (Å²) < 4.78 is 92.2. The van der Waals surface area contributed by atoms with E-state index < -0.39 is 36.1 Å². The lowest BCUT2D eigenvalue weighted by atomic mass is 10.0. The minimum atomic E-state index is -5.66. The molecule has 0 aliphatic rings. The molecule has 1 aromatic rings. The number of aryl methyl sites for hydroxylation is 1. The van der Waals surface area contributed by atoms with Crippen LogP contribution in [0.3, 0.4) is 0 Å². The summed E-state index contributed by atoms with van der Waals surface area (Å²) >= 11 is 0. The number of halogens is 7. The molecule has 0 fully saturated rings. The van der Waals surface area contributed by atoms with E-state index in [0.717, 1.165) is 12.1 Å². The second-order valence-corrected chi connectivity index (χ2v) is 4.51. The molecule has 1 rings (SSSR count). The van der Waals surface area contributed by atoms with Crippen molar-refractivity contribution in [1.29, 1.82) is 0 Å². The Morgan fingerprint density at radius 2 is 1.52 bits per heavy atom. The molecule has 0 saturated carbocycles. The van der Waals surface area contributed by atoms with Crippen molar-refractivity contribution in [3.8, 4) is 5.75 Å². The van der Waals surface area contributed by atoms with Crippen LogP contribution in [0.5, 0.6) is 5.75 Å². The van der Waals surface area contributed by atoms with Gasteiger partial charge in [-0.1, -0.05) is 0 Å². The molecule has 21 heavy (non-hydrogen) atoms. The van der Waals surface area contributed by atoms with Gasteiger partial charge in [-0.25, -0.2) is 4.39 Å². The van der Waals surface area contributed by atoms with Gasteiger partial charge in [0.05, 0.1) is 0 Å². The predicted molar refractivity (Wildman–Crippen MR) is 60.3 cm³/mol. The first-order valence-electron chi connectivity index (χ1n) is 5.69. The molecule has 1 aromatic carbocycles. The summed E-state index contributed by atoms with van der Waals surface area (Å²) in [5, 5.41) is 0. The van der Waals surface area contributed by atoms with Crippen LogP contribution in [0.25, 0.3) is 0 Å². The van der Waals surface area contributed by atoms with Crippen LogP contribution in [0.1, 0.15) is 24.1 Å². The van der Waals surface area contributed by atoms with Gasteiger partial charge >= 0.3 is 12.4 Å². The van der Waals surface area contributed by atoms with E-state index in [0.29, 0.717) is 0 Å². The van der Waals surface area contributed by atoms with E-state index in [2.05, 4.69) is 4.74 Å². The zero-order chi connectivity index (χ0) is 16.6. The average molecular weight is 319 g/mol. The Balaban J connectivity index is 3.30. The van der Waals surface area contributed by atoms with Gasteiger partial charge in [-0.3, -0.25) is 0 Å². The third-order valence-corrected chi connectivity index (χ3v) is 2.62. The quantitative estimate of drug-likeness (QED) is 0.854. The zero-order valence-corrected chi connectivity index (χ0v) is 10.9. The molecule has 0 aliphatic heterocycles. The van der Waals surface area contributed by atoms with E-state index in [1.807, 2.05) is 0 Å². The van der Waals surface area contributed by atoms with E-state index >= 15 is 0 Å². The summed E-state index contributed by atoms with van der Waals surface area (Å²) in [5.41, 5.74) is 4.98. The molecule has 2 nitrogen and oxygen atoms in total. The number of ether oxygens (including phenoxy) is 1. The monoisotopic (exact) mass is 319 g/mol. The van der Waals surface area contributed by atoms with Crippen LogP contribution in [-0.4, -0.2) is 18.5 Å². The van der Waals surface area contributed by atoms with Gasteiger partial charge in [0, 0.05) is 11.6 Å². The summed E-state index contributed by atoms with van der Waals surface area (Å²) in [6.07, 6.45) is -15.3. The minimum Gasteiger partial charge on any atom is -0.471 e. The molecule has 9 heteroatoms.